The number of carbonyl (C=O) groups is 1. The van der Waals surface area contributed by atoms with Crippen LogP contribution in [0, 0.1) is 6.92 Å². The van der Waals surface area contributed by atoms with Crippen LogP contribution in [-0.2, 0) is 0 Å². The zero-order valence-corrected chi connectivity index (χ0v) is 10.2. The largest absolute Gasteiger partial charge is 0.349 e. The molecule has 2 rings (SSSR count). The normalized spacial score (nSPS) is 17.9. The Morgan fingerprint density at radius 1 is 1.44 bits per heavy atom. The van der Waals surface area contributed by atoms with Crippen LogP contribution in [0.2, 0.25) is 0 Å². The Labute approximate surface area is 105 Å². The van der Waals surface area contributed by atoms with E-state index >= 15 is 0 Å². The van der Waals surface area contributed by atoms with Crippen LogP contribution in [0.25, 0.3) is 6.08 Å². The van der Waals surface area contributed by atoms with Crippen molar-refractivity contribution in [2.24, 2.45) is 0 Å². The summed E-state index contributed by atoms with van der Waals surface area (Å²) in [5.74, 6) is -2.92. The van der Waals surface area contributed by atoms with Crippen molar-refractivity contribution >= 4 is 12.0 Å². The summed E-state index contributed by atoms with van der Waals surface area (Å²) in [5.41, 5.74) is 2.27. The fourth-order valence-corrected chi connectivity index (χ4v) is 2.09. The van der Waals surface area contributed by atoms with Crippen molar-refractivity contribution in [3.8, 4) is 0 Å². The van der Waals surface area contributed by atoms with Crippen LogP contribution in [0.4, 0.5) is 8.78 Å². The Bertz CT molecular complexity index is 489. The maximum atomic E-state index is 12.7. The average Bonchev–Trinajstić information content (AvgIpc) is 2.25. The van der Waals surface area contributed by atoms with Crippen molar-refractivity contribution in [3.05, 3.63) is 41.5 Å². The third-order valence-electron chi connectivity index (χ3n) is 3.02. The van der Waals surface area contributed by atoms with Crippen LogP contribution in [-0.4, -0.2) is 17.9 Å². The molecule has 0 unspecified atom stereocenters. The van der Waals surface area contributed by atoms with Crippen molar-refractivity contribution in [2.75, 3.05) is 0 Å². The van der Waals surface area contributed by atoms with E-state index in [1.807, 2.05) is 13.0 Å². The number of carbonyl (C=O) groups excluding carboxylic acids is 1. The maximum Gasteiger partial charge on any atom is 0.252 e. The lowest BCUT2D eigenvalue weighted by atomic mass is 9.88. The highest BCUT2D eigenvalue weighted by atomic mass is 19.3. The molecule has 0 aliphatic heterocycles. The molecular formula is C14H15F2NO. The van der Waals surface area contributed by atoms with Crippen LogP contribution in [0.5, 0.6) is 0 Å². The van der Waals surface area contributed by atoms with Gasteiger partial charge in [-0.3, -0.25) is 4.79 Å². The molecule has 4 heteroatoms. The molecule has 0 bridgehead atoms. The molecule has 1 saturated carbocycles. The van der Waals surface area contributed by atoms with Gasteiger partial charge in [0.05, 0.1) is 0 Å². The van der Waals surface area contributed by atoms with Crippen molar-refractivity contribution < 1.29 is 13.6 Å². The first-order chi connectivity index (χ1) is 8.39. The van der Waals surface area contributed by atoms with Crippen LogP contribution in [0.1, 0.15) is 34.3 Å². The van der Waals surface area contributed by atoms with E-state index in [1.54, 1.807) is 18.2 Å². The van der Waals surface area contributed by atoms with Crippen LogP contribution >= 0.6 is 0 Å². The Balaban J connectivity index is 2.05. The van der Waals surface area contributed by atoms with Gasteiger partial charge in [0.25, 0.3) is 11.8 Å². The SMILES string of the molecule is C=Cc1cc(C)cc(C(=O)NC2CC(F)(F)C2)c1. The topological polar surface area (TPSA) is 29.1 Å². The van der Waals surface area contributed by atoms with Gasteiger partial charge in [0.15, 0.2) is 0 Å². The van der Waals surface area contributed by atoms with E-state index in [0.717, 1.165) is 11.1 Å². The lowest BCUT2D eigenvalue weighted by molar-refractivity contribution is -0.0901. The zero-order valence-electron chi connectivity index (χ0n) is 10.2. The molecule has 0 aromatic heterocycles. The quantitative estimate of drug-likeness (QED) is 0.878. The predicted molar refractivity (Wildman–Crippen MR) is 66.7 cm³/mol. The van der Waals surface area contributed by atoms with Gasteiger partial charge in [-0.15, -0.1) is 0 Å². The van der Waals surface area contributed by atoms with Crippen molar-refractivity contribution in [1.29, 1.82) is 0 Å². The minimum atomic E-state index is -2.61. The number of rotatable bonds is 3. The highest BCUT2D eigenvalue weighted by molar-refractivity contribution is 5.95. The van der Waals surface area contributed by atoms with Gasteiger partial charge in [-0.1, -0.05) is 18.7 Å². The van der Waals surface area contributed by atoms with E-state index in [0.29, 0.717) is 5.56 Å². The number of hydrogen-bond acceptors (Lipinski definition) is 1. The summed E-state index contributed by atoms with van der Waals surface area (Å²) in [7, 11) is 0. The second kappa shape index (κ2) is 4.52. The van der Waals surface area contributed by atoms with E-state index in [4.69, 9.17) is 0 Å². The summed E-state index contributed by atoms with van der Waals surface area (Å²) in [4.78, 5) is 11.9. The molecule has 1 aromatic carbocycles. The summed E-state index contributed by atoms with van der Waals surface area (Å²) in [6.07, 6.45) is 1.12. The molecule has 1 aromatic rings. The van der Waals surface area contributed by atoms with Crippen molar-refractivity contribution in [3.63, 3.8) is 0 Å². The molecule has 1 fully saturated rings. The fourth-order valence-electron chi connectivity index (χ4n) is 2.09. The van der Waals surface area contributed by atoms with E-state index in [9.17, 15) is 13.6 Å². The minimum Gasteiger partial charge on any atom is -0.349 e. The van der Waals surface area contributed by atoms with Gasteiger partial charge >= 0.3 is 0 Å². The van der Waals surface area contributed by atoms with Crippen molar-refractivity contribution in [1.82, 2.24) is 5.32 Å². The van der Waals surface area contributed by atoms with E-state index < -0.39 is 12.0 Å². The summed E-state index contributed by atoms with van der Waals surface area (Å²) in [6, 6.07) is 4.92. The molecule has 0 heterocycles. The minimum absolute atomic E-state index is 0.265. The molecule has 2 nitrogen and oxygen atoms in total. The van der Waals surface area contributed by atoms with Gasteiger partial charge in [-0.25, -0.2) is 8.78 Å². The first-order valence-electron chi connectivity index (χ1n) is 5.82. The molecule has 1 amide bonds. The van der Waals surface area contributed by atoms with Gasteiger partial charge in [0, 0.05) is 24.4 Å². The molecular weight excluding hydrogens is 236 g/mol. The number of hydrogen-bond donors (Lipinski definition) is 1. The number of nitrogens with one attached hydrogen (secondary N) is 1. The summed E-state index contributed by atoms with van der Waals surface area (Å²) in [6.45, 7) is 5.53. The van der Waals surface area contributed by atoms with Gasteiger partial charge in [-0.2, -0.15) is 0 Å². The molecule has 18 heavy (non-hydrogen) atoms. The third-order valence-corrected chi connectivity index (χ3v) is 3.02. The Morgan fingerprint density at radius 2 is 2.11 bits per heavy atom. The standard InChI is InChI=1S/C14H15F2NO/c1-3-10-4-9(2)5-11(6-10)13(18)17-12-7-14(15,16)8-12/h3-6,12H,1,7-8H2,2H3,(H,17,18). The molecule has 96 valence electrons. The molecule has 1 N–H and O–H groups in total. The van der Waals surface area contributed by atoms with Crippen LogP contribution in [0.3, 0.4) is 0 Å². The first-order valence-corrected chi connectivity index (χ1v) is 5.82. The summed E-state index contributed by atoms with van der Waals surface area (Å²) >= 11 is 0. The molecule has 0 atom stereocenters. The van der Waals surface area contributed by atoms with E-state index in [2.05, 4.69) is 11.9 Å². The summed E-state index contributed by atoms with van der Waals surface area (Å²) < 4.78 is 25.3. The Kier molecular flexibility index (Phi) is 3.20. The zero-order chi connectivity index (χ0) is 13.3. The smallest absolute Gasteiger partial charge is 0.252 e. The van der Waals surface area contributed by atoms with Gasteiger partial charge in [0.2, 0.25) is 0 Å². The second-order valence-corrected chi connectivity index (χ2v) is 4.77. The van der Waals surface area contributed by atoms with Crippen LogP contribution < -0.4 is 5.32 Å². The molecule has 1 aliphatic rings. The lowest BCUT2D eigenvalue weighted by Crippen LogP contribution is -2.50. The Morgan fingerprint density at radius 3 is 2.67 bits per heavy atom. The molecule has 0 radical (unpaired) electrons. The second-order valence-electron chi connectivity index (χ2n) is 4.77. The summed E-state index contributed by atoms with van der Waals surface area (Å²) in [5, 5.41) is 2.61. The molecule has 0 spiro atoms. The van der Waals surface area contributed by atoms with E-state index in [-0.39, 0.29) is 18.7 Å². The first kappa shape index (κ1) is 12.7. The predicted octanol–water partition coefficient (Wildman–Crippen LogP) is 3.17. The van der Waals surface area contributed by atoms with Gasteiger partial charge in [0.1, 0.15) is 0 Å². The Hall–Kier alpha value is -1.71. The number of amides is 1. The number of halogens is 2. The lowest BCUT2D eigenvalue weighted by Gasteiger charge is -2.35. The van der Waals surface area contributed by atoms with Gasteiger partial charge in [-0.05, 0) is 30.2 Å². The molecule has 1 aliphatic carbocycles. The molecule has 0 saturated heterocycles. The number of alkyl halides is 2. The highest BCUT2D eigenvalue weighted by Crippen LogP contribution is 2.37. The number of benzene rings is 1. The van der Waals surface area contributed by atoms with Gasteiger partial charge < -0.3 is 5.32 Å². The maximum absolute atomic E-state index is 12.7. The number of aryl methyl sites for hydroxylation is 1. The highest BCUT2D eigenvalue weighted by Gasteiger charge is 2.45. The van der Waals surface area contributed by atoms with E-state index in [1.165, 1.54) is 0 Å². The van der Waals surface area contributed by atoms with Crippen LogP contribution in [0.15, 0.2) is 24.8 Å². The monoisotopic (exact) mass is 251 g/mol. The average molecular weight is 251 g/mol. The van der Waals surface area contributed by atoms with Crippen molar-refractivity contribution in [2.45, 2.75) is 31.7 Å². The third kappa shape index (κ3) is 2.75. The fraction of sp³-hybridized carbons (Fsp3) is 0.357.